The Morgan fingerprint density at radius 1 is 1.26 bits per heavy atom. The van der Waals surface area contributed by atoms with Gasteiger partial charge in [0.15, 0.2) is 0 Å². The van der Waals surface area contributed by atoms with Gasteiger partial charge in [-0.05, 0) is 49.3 Å². The van der Waals surface area contributed by atoms with Gasteiger partial charge in [0, 0.05) is 5.02 Å². The van der Waals surface area contributed by atoms with Crippen LogP contribution < -0.4 is 0 Å². The fraction of sp³-hybridized carbons (Fsp3) is 0.533. The Balaban J connectivity index is 2.06. The molecule has 0 amide bonds. The standard InChI is InChI=1S/C15H18ClFO2/c1-9-5-10(2)7-12(6-9)19-15(18)13-8-11(16)3-4-14(13)17/h3-4,8-10,12H,5-7H2,1-2H3. The SMILES string of the molecule is CC1CC(C)CC(OC(=O)c2cc(Cl)ccc2F)C1. The van der Waals surface area contributed by atoms with Crippen LogP contribution in [0, 0.1) is 17.7 Å². The Morgan fingerprint density at radius 2 is 1.89 bits per heavy atom. The van der Waals surface area contributed by atoms with Crippen LogP contribution in [0.15, 0.2) is 18.2 Å². The molecule has 1 aromatic carbocycles. The van der Waals surface area contributed by atoms with Gasteiger partial charge in [0.2, 0.25) is 0 Å². The van der Waals surface area contributed by atoms with Crippen LogP contribution in [0.5, 0.6) is 0 Å². The van der Waals surface area contributed by atoms with E-state index < -0.39 is 11.8 Å². The van der Waals surface area contributed by atoms with Crippen LogP contribution in [0.25, 0.3) is 0 Å². The van der Waals surface area contributed by atoms with Crippen LogP contribution in [-0.4, -0.2) is 12.1 Å². The van der Waals surface area contributed by atoms with Crippen LogP contribution >= 0.6 is 11.6 Å². The van der Waals surface area contributed by atoms with Crippen molar-refractivity contribution in [2.45, 2.75) is 39.2 Å². The molecular weight excluding hydrogens is 267 g/mol. The van der Waals surface area contributed by atoms with E-state index in [1.807, 2.05) is 0 Å². The van der Waals surface area contributed by atoms with Crippen molar-refractivity contribution in [3.05, 3.63) is 34.6 Å². The Hall–Kier alpha value is -1.09. The Morgan fingerprint density at radius 3 is 2.53 bits per heavy atom. The highest BCUT2D eigenvalue weighted by Crippen LogP contribution is 2.31. The number of benzene rings is 1. The zero-order valence-corrected chi connectivity index (χ0v) is 11.9. The van der Waals surface area contributed by atoms with Crippen LogP contribution in [0.1, 0.15) is 43.5 Å². The molecule has 4 heteroatoms. The molecule has 0 bridgehead atoms. The van der Waals surface area contributed by atoms with E-state index in [-0.39, 0.29) is 11.7 Å². The second-order valence-corrected chi connectivity index (χ2v) is 6.01. The van der Waals surface area contributed by atoms with Gasteiger partial charge in [-0.25, -0.2) is 9.18 Å². The molecular formula is C15H18ClFO2. The van der Waals surface area contributed by atoms with Crippen molar-refractivity contribution in [3.63, 3.8) is 0 Å². The fourth-order valence-corrected chi connectivity index (χ4v) is 3.01. The van der Waals surface area contributed by atoms with Crippen molar-refractivity contribution in [3.8, 4) is 0 Å². The van der Waals surface area contributed by atoms with E-state index >= 15 is 0 Å². The van der Waals surface area contributed by atoms with Gasteiger partial charge in [-0.1, -0.05) is 25.4 Å². The maximum atomic E-state index is 13.6. The van der Waals surface area contributed by atoms with Crippen LogP contribution in [0.4, 0.5) is 4.39 Å². The lowest BCUT2D eigenvalue weighted by Gasteiger charge is -2.31. The summed E-state index contributed by atoms with van der Waals surface area (Å²) in [4.78, 5) is 12.0. The predicted octanol–water partition coefficient (Wildman–Crippen LogP) is 4.46. The van der Waals surface area contributed by atoms with Gasteiger partial charge in [-0.3, -0.25) is 0 Å². The monoisotopic (exact) mass is 284 g/mol. The zero-order valence-electron chi connectivity index (χ0n) is 11.2. The molecule has 1 aromatic rings. The van der Waals surface area contributed by atoms with E-state index in [1.54, 1.807) is 0 Å². The lowest BCUT2D eigenvalue weighted by Crippen LogP contribution is -2.28. The highest BCUT2D eigenvalue weighted by molar-refractivity contribution is 6.30. The molecule has 0 saturated heterocycles. The van der Waals surface area contributed by atoms with E-state index in [9.17, 15) is 9.18 Å². The first-order valence-corrected chi connectivity index (χ1v) is 6.99. The fourth-order valence-electron chi connectivity index (χ4n) is 2.84. The van der Waals surface area contributed by atoms with Gasteiger partial charge in [0.05, 0.1) is 5.56 Å². The third-order valence-electron chi connectivity index (χ3n) is 3.56. The topological polar surface area (TPSA) is 26.3 Å². The first kappa shape index (κ1) is 14.3. The lowest BCUT2D eigenvalue weighted by molar-refractivity contribution is 0.00762. The van der Waals surface area contributed by atoms with E-state index in [0.29, 0.717) is 16.9 Å². The molecule has 2 atom stereocenters. The molecule has 2 nitrogen and oxygen atoms in total. The molecule has 0 radical (unpaired) electrons. The number of esters is 1. The Kier molecular flexibility index (Phi) is 4.46. The molecule has 1 saturated carbocycles. The second-order valence-electron chi connectivity index (χ2n) is 5.57. The summed E-state index contributed by atoms with van der Waals surface area (Å²) in [5.41, 5.74) is -0.0848. The molecule has 1 aliphatic carbocycles. The highest BCUT2D eigenvalue weighted by atomic mass is 35.5. The largest absolute Gasteiger partial charge is 0.459 e. The molecule has 0 aliphatic heterocycles. The molecule has 2 unspecified atom stereocenters. The molecule has 19 heavy (non-hydrogen) atoms. The molecule has 0 spiro atoms. The average Bonchev–Trinajstić information content (AvgIpc) is 2.30. The van der Waals surface area contributed by atoms with E-state index in [1.165, 1.54) is 18.2 Å². The summed E-state index contributed by atoms with van der Waals surface area (Å²) in [7, 11) is 0. The van der Waals surface area contributed by atoms with Crippen molar-refractivity contribution in [2.75, 3.05) is 0 Å². The smallest absolute Gasteiger partial charge is 0.341 e. The third-order valence-corrected chi connectivity index (χ3v) is 3.79. The van der Waals surface area contributed by atoms with Crippen molar-refractivity contribution >= 4 is 17.6 Å². The zero-order chi connectivity index (χ0) is 14.0. The number of hydrogen-bond acceptors (Lipinski definition) is 2. The summed E-state index contributed by atoms with van der Waals surface area (Å²) in [6.07, 6.45) is 2.72. The maximum Gasteiger partial charge on any atom is 0.341 e. The minimum absolute atomic E-state index is 0.0848. The summed E-state index contributed by atoms with van der Waals surface area (Å²) in [5.74, 6) is -0.144. The molecule has 2 rings (SSSR count). The first-order valence-electron chi connectivity index (χ1n) is 6.61. The average molecular weight is 285 g/mol. The predicted molar refractivity (Wildman–Crippen MR) is 72.8 cm³/mol. The Labute approximate surface area is 117 Å². The van der Waals surface area contributed by atoms with Gasteiger partial charge >= 0.3 is 5.97 Å². The lowest BCUT2D eigenvalue weighted by atomic mass is 9.82. The van der Waals surface area contributed by atoms with Gasteiger partial charge in [-0.15, -0.1) is 0 Å². The third kappa shape index (κ3) is 3.69. The van der Waals surface area contributed by atoms with Crippen molar-refractivity contribution in [2.24, 2.45) is 11.8 Å². The van der Waals surface area contributed by atoms with Gasteiger partial charge in [0.1, 0.15) is 11.9 Å². The number of rotatable bonds is 2. The summed E-state index contributed by atoms with van der Waals surface area (Å²) in [6.45, 7) is 4.30. The number of carbonyl (C=O) groups excluding carboxylic acids is 1. The van der Waals surface area contributed by atoms with E-state index in [4.69, 9.17) is 16.3 Å². The highest BCUT2D eigenvalue weighted by Gasteiger charge is 2.27. The van der Waals surface area contributed by atoms with Crippen molar-refractivity contribution < 1.29 is 13.9 Å². The van der Waals surface area contributed by atoms with E-state index in [2.05, 4.69) is 13.8 Å². The molecule has 0 N–H and O–H groups in total. The van der Waals surface area contributed by atoms with Crippen LogP contribution in [0.3, 0.4) is 0 Å². The van der Waals surface area contributed by atoms with Crippen molar-refractivity contribution in [1.82, 2.24) is 0 Å². The molecule has 0 heterocycles. The molecule has 1 aliphatic rings. The second kappa shape index (κ2) is 5.91. The summed E-state index contributed by atoms with van der Waals surface area (Å²) in [5, 5.41) is 0.332. The number of hydrogen-bond donors (Lipinski definition) is 0. The summed E-state index contributed by atoms with van der Waals surface area (Å²) < 4.78 is 19.0. The number of carbonyl (C=O) groups is 1. The summed E-state index contributed by atoms with van der Waals surface area (Å²) in [6, 6.07) is 3.92. The van der Waals surface area contributed by atoms with Gasteiger partial charge in [0.25, 0.3) is 0 Å². The summed E-state index contributed by atoms with van der Waals surface area (Å²) >= 11 is 5.78. The van der Waals surface area contributed by atoms with Crippen LogP contribution in [0.2, 0.25) is 5.02 Å². The maximum absolute atomic E-state index is 13.6. The van der Waals surface area contributed by atoms with Gasteiger partial charge in [-0.2, -0.15) is 0 Å². The normalized spacial score (nSPS) is 27.1. The molecule has 0 aromatic heterocycles. The quantitative estimate of drug-likeness (QED) is 0.750. The van der Waals surface area contributed by atoms with Crippen molar-refractivity contribution in [1.29, 1.82) is 0 Å². The van der Waals surface area contributed by atoms with Crippen LogP contribution in [-0.2, 0) is 4.74 Å². The van der Waals surface area contributed by atoms with Gasteiger partial charge < -0.3 is 4.74 Å². The number of halogens is 2. The molecule has 1 fully saturated rings. The van der Waals surface area contributed by atoms with E-state index in [0.717, 1.165) is 19.3 Å². The first-order chi connectivity index (χ1) is 8.95. The number of ether oxygens (including phenoxy) is 1. The minimum Gasteiger partial charge on any atom is -0.459 e. The minimum atomic E-state index is -0.619. The Bertz CT molecular complexity index is 465. The molecule has 104 valence electrons.